The molecule has 4 nitrogen and oxygen atoms in total. The summed E-state index contributed by atoms with van der Waals surface area (Å²) in [7, 11) is 0. The lowest BCUT2D eigenvalue weighted by molar-refractivity contribution is -0.137. The highest BCUT2D eigenvalue weighted by atomic mass is 16.5. The average Bonchev–Trinajstić information content (AvgIpc) is 2.65. The topological polar surface area (TPSA) is 66.8 Å². The van der Waals surface area contributed by atoms with Gasteiger partial charge < -0.3 is 14.9 Å². The molecule has 1 aromatic carbocycles. The van der Waals surface area contributed by atoms with Crippen LogP contribution >= 0.6 is 0 Å². The van der Waals surface area contributed by atoms with Crippen LogP contribution < -0.4 is 4.74 Å². The number of aromatic hydroxyl groups is 1. The highest BCUT2D eigenvalue weighted by Crippen LogP contribution is 2.42. The summed E-state index contributed by atoms with van der Waals surface area (Å²) >= 11 is 0. The van der Waals surface area contributed by atoms with Gasteiger partial charge in [-0.1, -0.05) is 39.5 Å². The number of fused-ring (bicyclic) bond motifs is 1. The Labute approximate surface area is 176 Å². The van der Waals surface area contributed by atoms with Gasteiger partial charge in [-0.25, -0.2) is 0 Å². The van der Waals surface area contributed by atoms with E-state index in [1.54, 1.807) is 0 Å². The molecular formula is C25H40O4. The molecule has 0 bridgehead atoms. The molecule has 0 radical (unpaired) electrons. The maximum absolute atomic E-state index is 10.7. The van der Waals surface area contributed by atoms with E-state index in [-0.39, 0.29) is 12.0 Å². The van der Waals surface area contributed by atoms with Crippen molar-refractivity contribution in [3.05, 3.63) is 22.8 Å². The second-order valence-electron chi connectivity index (χ2n) is 9.65. The summed E-state index contributed by atoms with van der Waals surface area (Å²) in [5, 5.41) is 18.8. The number of ether oxygens (including phenoxy) is 1. The molecule has 29 heavy (non-hydrogen) atoms. The fraction of sp³-hybridized carbons (Fsp3) is 0.720. The lowest BCUT2D eigenvalue weighted by atomic mass is 9.85. The summed E-state index contributed by atoms with van der Waals surface area (Å²) < 4.78 is 6.47. The van der Waals surface area contributed by atoms with Crippen LogP contribution in [-0.4, -0.2) is 21.8 Å². The van der Waals surface area contributed by atoms with Gasteiger partial charge in [0.1, 0.15) is 17.1 Å². The third kappa shape index (κ3) is 6.94. The molecule has 1 aliphatic heterocycles. The van der Waals surface area contributed by atoms with Crippen molar-refractivity contribution >= 4 is 5.97 Å². The molecule has 0 spiro atoms. The van der Waals surface area contributed by atoms with E-state index in [1.165, 1.54) is 19.3 Å². The normalized spacial score (nSPS) is 20.6. The third-order valence-corrected chi connectivity index (χ3v) is 6.81. The van der Waals surface area contributed by atoms with Crippen LogP contribution in [0.5, 0.6) is 11.5 Å². The number of phenolic OH excluding ortho intramolecular Hbond substituents is 1. The molecular weight excluding hydrogens is 364 g/mol. The predicted molar refractivity (Wildman–Crippen MR) is 118 cm³/mol. The largest absolute Gasteiger partial charge is 0.508 e. The van der Waals surface area contributed by atoms with Crippen LogP contribution in [0.4, 0.5) is 0 Å². The number of hydrogen-bond donors (Lipinski definition) is 2. The third-order valence-electron chi connectivity index (χ3n) is 6.81. The Bertz CT molecular complexity index is 697. The van der Waals surface area contributed by atoms with E-state index in [9.17, 15) is 9.90 Å². The van der Waals surface area contributed by atoms with Gasteiger partial charge in [-0.05, 0) is 87.5 Å². The fourth-order valence-corrected chi connectivity index (χ4v) is 4.44. The quantitative estimate of drug-likeness (QED) is 0.438. The molecule has 0 aliphatic carbocycles. The van der Waals surface area contributed by atoms with E-state index >= 15 is 0 Å². The number of carboxylic acid groups (broad SMARTS) is 1. The van der Waals surface area contributed by atoms with Gasteiger partial charge in [0.25, 0.3) is 0 Å². The highest BCUT2D eigenvalue weighted by Gasteiger charge is 2.33. The highest BCUT2D eigenvalue weighted by molar-refractivity contribution is 5.66. The molecule has 0 saturated heterocycles. The number of carboxylic acids is 1. The van der Waals surface area contributed by atoms with Crippen molar-refractivity contribution < 1.29 is 19.7 Å². The second-order valence-corrected chi connectivity index (χ2v) is 9.65. The van der Waals surface area contributed by atoms with Crippen LogP contribution in [0.1, 0.15) is 95.2 Å². The fourth-order valence-electron chi connectivity index (χ4n) is 4.44. The summed E-state index contributed by atoms with van der Waals surface area (Å²) in [6, 6.07) is 1.87. The molecule has 1 aliphatic rings. The SMILES string of the molecule is Cc1c(O)cc2c(c1C)O[C@](C)(CCC[C@@H](C)CCC[C@@H](C)CCC(=O)O)CC2. The minimum Gasteiger partial charge on any atom is -0.508 e. The van der Waals surface area contributed by atoms with Crippen molar-refractivity contribution in [3.63, 3.8) is 0 Å². The van der Waals surface area contributed by atoms with Crippen LogP contribution in [0, 0.1) is 25.7 Å². The van der Waals surface area contributed by atoms with Gasteiger partial charge in [0.2, 0.25) is 0 Å². The Hall–Kier alpha value is -1.71. The second kappa shape index (κ2) is 10.4. The number of benzene rings is 1. The van der Waals surface area contributed by atoms with Crippen LogP contribution in [0.3, 0.4) is 0 Å². The Morgan fingerprint density at radius 3 is 2.38 bits per heavy atom. The van der Waals surface area contributed by atoms with Gasteiger partial charge in [-0.3, -0.25) is 4.79 Å². The number of aryl methyl sites for hydroxylation is 1. The first kappa shape index (κ1) is 23.6. The first-order valence-corrected chi connectivity index (χ1v) is 11.3. The maximum Gasteiger partial charge on any atom is 0.303 e. The van der Waals surface area contributed by atoms with E-state index in [1.807, 2.05) is 19.9 Å². The van der Waals surface area contributed by atoms with Crippen molar-refractivity contribution in [2.45, 2.75) is 104 Å². The number of phenols is 1. The van der Waals surface area contributed by atoms with Crippen molar-refractivity contribution in [2.24, 2.45) is 11.8 Å². The first-order valence-electron chi connectivity index (χ1n) is 11.3. The zero-order chi connectivity index (χ0) is 21.6. The molecule has 2 rings (SSSR count). The van der Waals surface area contributed by atoms with Gasteiger partial charge in [-0.15, -0.1) is 0 Å². The molecule has 0 aromatic heterocycles. The van der Waals surface area contributed by atoms with E-state index in [0.29, 0.717) is 17.6 Å². The molecule has 164 valence electrons. The molecule has 0 unspecified atom stereocenters. The monoisotopic (exact) mass is 404 g/mol. The standard InChI is InChI=1S/C25H40O4/c1-17(8-6-9-18(2)11-12-23(27)28)10-7-14-25(5)15-13-21-16-22(26)19(3)20(4)24(21)29-25/h16-18,26H,6-15H2,1-5H3,(H,27,28)/t17-,18+,25+/m0/s1. The van der Waals surface area contributed by atoms with Crippen LogP contribution in [0.15, 0.2) is 6.07 Å². The van der Waals surface area contributed by atoms with Crippen LogP contribution in [0.2, 0.25) is 0 Å². The average molecular weight is 405 g/mol. The zero-order valence-corrected chi connectivity index (χ0v) is 19.0. The summed E-state index contributed by atoms with van der Waals surface area (Å²) in [6.07, 6.45) is 10.0. The summed E-state index contributed by atoms with van der Waals surface area (Å²) in [6.45, 7) is 10.7. The molecule has 0 fully saturated rings. The van der Waals surface area contributed by atoms with Crippen LogP contribution in [-0.2, 0) is 11.2 Å². The Morgan fingerprint density at radius 1 is 1.10 bits per heavy atom. The summed E-state index contributed by atoms with van der Waals surface area (Å²) in [5.74, 6) is 1.87. The lowest BCUT2D eigenvalue weighted by Crippen LogP contribution is -2.36. The van der Waals surface area contributed by atoms with Crippen molar-refractivity contribution in [1.82, 2.24) is 0 Å². The minimum absolute atomic E-state index is 0.119. The molecule has 0 amide bonds. The molecule has 3 atom stereocenters. The number of hydrogen-bond acceptors (Lipinski definition) is 3. The zero-order valence-electron chi connectivity index (χ0n) is 19.0. The number of aliphatic carboxylic acids is 1. The predicted octanol–water partition coefficient (Wildman–Crippen LogP) is 6.57. The van der Waals surface area contributed by atoms with Crippen LogP contribution in [0.25, 0.3) is 0 Å². The van der Waals surface area contributed by atoms with Gasteiger partial charge in [0.05, 0.1) is 0 Å². The minimum atomic E-state index is -0.687. The Kier molecular flexibility index (Phi) is 8.42. The Morgan fingerprint density at radius 2 is 1.72 bits per heavy atom. The lowest BCUT2D eigenvalue weighted by Gasteiger charge is -2.37. The molecule has 1 heterocycles. The number of carbonyl (C=O) groups is 1. The van der Waals surface area contributed by atoms with E-state index < -0.39 is 5.97 Å². The Balaban J connectivity index is 1.73. The van der Waals surface area contributed by atoms with E-state index in [4.69, 9.17) is 9.84 Å². The first-order chi connectivity index (χ1) is 13.6. The van der Waals surface area contributed by atoms with Crippen molar-refractivity contribution in [1.29, 1.82) is 0 Å². The molecule has 2 N–H and O–H groups in total. The summed E-state index contributed by atoms with van der Waals surface area (Å²) in [4.78, 5) is 10.7. The van der Waals surface area contributed by atoms with Crippen molar-refractivity contribution in [2.75, 3.05) is 0 Å². The van der Waals surface area contributed by atoms with Gasteiger partial charge >= 0.3 is 5.97 Å². The van der Waals surface area contributed by atoms with Gasteiger partial charge in [0.15, 0.2) is 0 Å². The van der Waals surface area contributed by atoms with E-state index in [2.05, 4.69) is 20.8 Å². The smallest absolute Gasteiger partial charge is 0.303 e. The number of rotatable bonds is 11. The van der Waals surface area contributed by atoms with Gasteiger partial charge in [0, 0.05) is 6.42 Å². The van der Waals surface area contributed by atoms with Gasteiger partial charge in [-0.2, -0.15) is 0 Å². The van der Waals surface area contributed by atoms with E-state index in [0.717, 1.165) is 61.0 Å². The summed E-state index contributed by atoms with van der Waals surface area (Å²) in [5.41, 5.74) is 3.00. The maximum atomic E-state index is 10.7. The van der Waals surface area contributed by atoms with Crippen molar-refractivity contribution in [3.8, 4) is 11.5 Å². The molecule has 1 aromatic rings. The molecule has 0 saturated carbocycles. The molecule has 4 heteroatoms.